The molecule has 3 heterocycles. The summed E-state index contributed by atoms with van der Waals surface area (Å²) in [6.45, 7) is 3.18. The summed E-state index contributed by atoms with van der Waals surface area (Å²) in [5.41, 5.74) is 0. The minimum atomic E-state index is -0.585. The van der Waals surface area contributed by atoms with Gasteiger partial charge in [0.05, 0.1) is 0 Å². The summed E-state index contributed by atoms with van der Waals surface area (Å²) >= 11 is 0. The van der Waals surface area contributed by atoms with E-state index in [2.05, 4.69) is 15.1 Å². The Balaban J connectivity index is 1.40. The monoisotopic (exact) mass is 340 g/mol. The Morgan fingerprint density at radius 3 is 2.76 bits per heavy atom. The summed E-state index contributed by atoms with van der Waals surface area (Å²) in [7, 11) is 0. The number of carbonyl (C=O) groups is 1. The predicted molar refractivity (Wildman–Crippen MR) is 91.8 cm³/mol. The fraction of sp³-hybridized carbons (Fsp3) is 0.389. The molecule has 0 aliphatic carbocycles. The van der Waals surface area contributed by atoms with Crippen molar-refractivity contribution in [1.29, 1.82) is 0 Å². The van der Waals surface area contributed by atoms with Crippen LogP contribution in [0, 0.1) is 0 Å². The van der Waals surface area contributed by atoms with Gasteiger partial charge in [0.15, 0.2) is 17.3 Å². The minimum absolute atomic E-state index is 0.0181. The third-order valence-electron chi connectivity index (χ3n) is 4.47. The van der Waals surface area contributed by atoms with Crippen molar-refractivity contribution >= 4 is 11.7 Å². The first-order valence-corrected chi connectivity index (χ1v) is 8.51. The van der Waals surface area contributed by atoms with Crippen molar-refractivity contribution in [1.82, 2.24) is 15.1 Å². The van der Waals surface area contributed by atoms with E-state index < -0.39 is 6.10 Å². The number of aromatic nitrogens is 2. The number of hydrogen-bond donors (Lipinski definition) is 0. The van der Waals surface area contributed by atoms with Gasteiger partial charge in [-0.2, -0.15) is 5.10 Å². The van der Waals surface area contributed by atoms with Gasteiger partial charge in [0, 0.05) is 32.4 Å². The van der Waals surface area contributed by atoms with Crippen LogP contribution in [0.5, 0.6) is 11.5 Å². The van der Waals surface area contributed by atoms with E-state index in [0.717, 1.165) is 25.3 Å². The standard InChI is InChI=1S/C18H20N4O3/c23-18(16-13-24-14-5-1-2-6-15(14)25-16)22-10-4-9-21(11-12-22)17-7-3-8-19-20-17/h1-3,5-8,16H,4,9-13H2/t16-/m0/s1. The van der Waals surface area contributed by atoms with Crippen LogP contribution in [0.4, 0.5) is 5.82 Å². The van der Waals surface area contributed by atoms with Crippen molar-refractivity contribution in [3.63, 3.8) is 0 Å². The lowest BCUT2D eigenvalue weighted by Crippen LogP contribution is -2.47. The van der Waals surface area contributed by atoms with Crippen LogP contribution in [0.15, 0.2) is 42.6 Å². The molecule has 2 aliphatic heterocycles. The fourth-order valence-corrected chi connectivity index (χ4v) is 3.17. The highest BCUT2D eigenvalue weighted by molar-refractivity contribution is 5.82. The van der Waals surface area contributed by atoms with Gasteiger partial charge in [0.1, 0.15) is 6.61 Å². The Labute approximate surface area is 146 Å². The average molecular weight is 340 g/mol. The lowest BCUT2D eigenvalue weighted by Gasteiger charge is -2.30. The number of anilines is 1. The number of ether oxygens (including phenoxy) is 2. The SMILES string of the molecule is O=C([C@@H]1COc2ccccc2O1)N1CCCN(c2cccnn2)CC1. The Morgan fingerprint density at radius 1 is 1.04 bits per heavy atom. The molecule has 2 aliphatic rings. The quantitative estimate of drug-likeness (QED) is 0.822. The summed E-state index contributed by atoms with van der Waals surface area (Å²) in [6.07, 6.45) is 1.96. The molecule has 7 heteroatoms. The number of hydrogen-bond acceptors (Lipinski definition) is 6. The Hall–Kier alpha value is -2.83. The van der Waals surface area contributed by atoms with Gasteiger partial charge in [0.25, 0.3) is 5.91 Å². The molecule has 1 amide bonds. The van der Waals surface area contributed by atoms with Crippen LogP contribution in [-0.4, -0.2) is 59.9 Å². The van der Waals surface area contributed by atoms with Gasteiger partial charge in [-0.15, -0.1) is 5.10 Å². The third-order valence-corrected chi connectivity index (χ3v) is 4.47. The van der Waals surface area contributed by atoms with Crippen molar-refractivity contribution in [2.45, 2.75) is 12.5 Å². The van der Waals surface area contributed by atoms with Crippen molar-refractivity contribution in [2.24, 2.45) is 0 Å². The topological polar surface area (TPSA) is 67.8 Å². The lowest BCUT2D eigenvalue weighted by atomic mass is 10.2. The molecule has 1 aromatic heterocycles. The molecule has 4 rings (SSSR count). The van der Waals surface area contributed by atoms with Crippen LogP contribution < -0.4 is 14.4 Å². The first-order chi connectivity index (χ1) is 12.3. The maximum atomic E-state index is 12.8. The molecule has 0 spiro atoms. The van der Waals surface area contributed by atoms with Gasteiger partial charge in [0.2, 0.25) is 6.10 Å². The Morgan fingerprint density at radius 2 is 1.92 bits per heavy atom. The van der Waals surface area contributed by atoms with Crippen LogP contribution in [0.1, 0.15) is 6.42 Å². The van der Waals surface area contributed by atoms with Crippen LogP contribution in [0.25, 0.3) is 0 Å². The zero-order valence-electron chi connectivity index (χ0n) is 13.9. The maximum absolute atomic E-state index is 12.8. The highest BCUT2D eigenvalue weighted by Gasteiger charge is 2.32. The van der Waals surface area contributed by atoms with E-state index in [1.165, 1.54) is 0 Å². The Bertz CT molecular complexity index is 740. The smallest absolute Gasteiger partial charge is 0.267 e. The number of benzene rings is 1. The average Bonchev–Trinajstić information content (AvgIpc) is 2.94. The van der Waals surface area contributed by atoms with Crippen molar-refractivity contribution < 1.29 is 14.3 Å². The number of rotatable bonds is 2. The zero-order chi connectivity index (χ0) is 17.1. The molecular formula is C18H20N4O3. The molecule has 0 radical (unpaired) electrons. The van der Waals surface area contributed by atoms with E-state index in [1.54, 1.807) is 6.20 Å². The number of nitrogens with zero attached hydrogens (tertiary/aromatic N) is 4. The van der Waals surface area contributed by atoms with Gasteiger partial charge in [-0.1, -0.05) is 12.1 Å². The molecule has 1 saturated heterocycles. The van der Waals surface area contributed by atoms with Crippen molar-refractivity contribution in [2.75, 3.05) is 37.7 Å². The lowest BCUT2D eigenvalue weighted by molar-refractivity contribution is -0.141. The molecule has 25 heavy (non-hydrogen) atoms. The first-order valence-electron chi connectivity index (χ1n) is 8.51. The summed E-state index contributed by atoms with van der Waals surface area (Å²) in [4.78, 5) is 16.9. The van der Waals surface area contributed by atoms with E-state index >= 15 is 0 Å². The summed E-state index contributed by atoms with van der Waals surface area (Å²) in [6, 6.07) is 11.3. The molecule has 130 valence electrons. The van der Waals surface area contributed by atoms with Crippen molar-refractivity contribution in [3.05, 3.63) is 42.6 Å². The fourth-order valence-electron chi connectivity index (χ4n) is 3.17. The molecule has 0 N–H and O–H groups in total. The third kappa shape index (κ3) is 3.35. The number of fused-ring (bicyclic) bond motifs is 1. The predicted octanol–water partition coefficient (Wildman–Crippen LogP) is 1.36. The molecule has 1 fully saturated rings. The van der Waals surface area contributed by atoms with Crippen LogP contribution in [-0.2, 0) is 4.79 Å². The molecule has 7 nitrogen and oxygen atoms in total. The second-order valence-corrected chi connectivity index (χ2v) is 6.11. The molecule has 1 aromatic carbocycles. The maximum Gasteiger partial charge on any atom is 0.267 e. The van der Waals surface area contributed by atoms with Gasteiger partial charge in [-0.25, -0.2) is 0 Å². The first kappa shape index (κ1) is 15.7. The van der Waals surface area contributed by atoms with E-state index in [9.17, 15) is 4.79 Å². The zero-order valence-corrected chi connectivity index (χ0v) is 13.9. The van der Waals surface area contributed by atoms with E-state index in [4.69, 9.17) is 9.47 Å². The summed E-state index contributed by atoms with van der Waals surface area (Å²) in [5.74, 6) is 2.15. The second kappa shape index (κ2) is 6.96. The van der Waals surface area contributed by atoms with E-state index in [-0.39, 0.29) is 12.5 Å². The van der Waals surface area contributed by atoms with E-state index in [1.807, 2.05) is 41.3 Å². The number of carbonyl (C=O) groups excluding carboxylic acids is 1. The second-order valence-electron chi connectivity index (χ2n) is 6.11. The number of amides is 1. The minimum Gasteiger partial charge on any atom is -0.485 e. The summed E-state index contributed by atoms with van der Waals surface area (Å²) < 4.78 is 11.5. The van der Waals surface area contributed by atoms with Gasteiger partial charge in [-0.3, -0.25) is 4.79 Å². The number of para-hydroxylation sites is 2. The molecule has 0 unspecified atom stereocenters. The van der Waals surface area contributed by atoms with Crippen LogP contribution >= 0.6 is 0 Å². The molecule has 0 bridgehead atoms. The van der Waals surface area contributed by atoms with Gasteiger partial charge in [-0.05, 0) is 30.7 Å². The normalized spacial score (nSPS) is 20.1. The Kier molecular flexibility index (Phi) is 4.37. The molecule has 0 saturated carbocycles. The van der Waals surface area contributed by atoms with E-state index in [0.29, 0.717) is 24.6 Å². The largest absolute Gasteiger partial charge is 0.485 e. The highest BCUT2D eigenvalue weighted by Crippen LogP contribution is 2.31. The van der Waals surface area contributed by atoms with Gasteiger partial charge < -0.3 is 19.3 Å². The molecule has 2 aromatic rings. The highest BCUT2D eigenvalue weighted by atomic mass is 16.6. The summed E-state index contributed by atoms with van der Waals surface area (Å²) in [5, 5.41) is 8.09. The van der Waals surface area contributed by atoms with Gasteiger partial charge >= 0.3 is 0 Å². The van der Waals surface area contributed by atoms with Crippen LogP contribution in [0.2, 0.25) is 0 Å². The van der Waals surface area contributed by atoms with Crippen molar-refractivity contribution in [3.8, 4) is 11.5 Å². The molecular weight excluding hydrogens is 320 g/mol. The van der Waals surface area contributed by atoms with Crippen LogP contribution in [0.3, 0.4) is 0 Å². The molecule has 1 atom stereocenters.